The summed E-state index contributed by atoms with van der Waals surface area (Å²) < 4.78 is 37.6. The minimum Gasteiger partial charge on any atom is -0.377 e. The molecule has 0 atom stereocenters. The molecule has 124 valence electrons. The lowest BCUT2D eigenvalue weighted by molar-refractivity contribution is -0.167. The number of carbonyl (C=O) groups is 1. The van der Waals surface area contributed by atoms with E-state index in [2.05, 4.69) is 0 Å². The van der Waals surface area contributed by atoms with Crippen molar-refractivity contribution in [1.29, 1.82) is 0 Å². The molecule has 0 aliphatic rings. The summed E-state index contributed by atoms with van der Waals surface area (Å²) >= 11 is 0. The Morgan fingerprint density at radius 2 is 1.52 bits per heavy atom. The van der Waals surface area contributed by atoms with Crippen LogP contribution in [0.4, 0.5) is 30.2 Å². The molecule has 1 amide bonds. The molecule has 0 aromatic heterocycles. The van der Waals surface area contributed by atoms with Crippen LogP contribution in [0.2, 0.25) is 0 Å². The fourth-order valence-corrected chi connectivity index (χ4v) is 2.42. The van der Waals surface area contributed by atoms with Gasteiger partial charge in [0.15, 0.2) is 0 Å². The topological polar surface area (TPSA) is 35.6 Å². The lowest BCUT2D eigenvalue weighted by Gasteiger charge is -2.23. The summed E-state index contributed by atoms with van der Waals surface area (Å²) in [6.45, 7) is 0. The van der Waals surface area contributed by atoms with Crippen LogP contribution in [0.25, 0.3) is 10.8 Å². The van der Waals surface area contributed by atoms with Crippen LogP contribution in [0.3, 0.4) is 0 Å². The van der Waals surface area contributed by atoms with Crippen LogP contribution in [0.5, 0.6) is 0 Å². The van der Waals surface area contributed by atoms with Crippen molar-refractivity contribution in [2.75, 3.05) is 43.3 Å². The van der Waals surface area contributed by atoms with Gasteiger partial charge in [0, 0.05) is 56.0 Å². The minimum absolute atomic E-state index is 0.136. The summed E-state index contributed by atoms with van der Waals surface area (Å²) in [5.74, 6) is -1.98. The normalized spacial score (nSPS) is 11.4. The first-order valence-corrected chi connectivity index (χ1v) is 6.91. The molecule has 2 aromatic rings. The van der Waals surface area contributed by atoms with Crippen LogP contribution >= 0.6 is 0 Å². The highest BCUT2D eigenvalue weighted by Gasteiger charge is 2.39. The van der Waals surface area contributed by atoms with Crippen molar-refractivity contribution in [3.8, 4) is 0 Å². The number of hydrogen-bond acceptors (Lipinski definition) is 3. The number of hydrogen-bond donors (Lipinski definition) is 1. The van der Waals surface area contributed by atoms with Gasteiger partial charge < -0.3 is 15.1 Å². The second-order valence-electron chi connectivity index (χ2n) is 5.57. The van der Waals surface area contributed by atoms with E-state index in [1.165, 1.54) is 6.07 Å². The minimum atomic E-state index is -4.92. The molecule has 7 heteroatoms. The number of amides is 1. The quantitative estimate of drug-likeness (QED) is 0.938. The molecule has 0 aliphatic carbocycles. The first-order valence-electron chi connectivity index (χ1n) is 6.91. The van der Waals surface area contributed by atoms with E-state index in [1.807, 2.05) is 49.4 Å². The fraction of sp³-hybridized carbons (Fsp3) is 0.312. The van der Waals surface area contributed by atoms with Gasteiger partial charge in [-0.05, 0) is 18.2 Å². The summed E-state index contributed by atoms with van der Waals surface area (Å²) in [5.41, 5.74) is 1.85. The Labute approximate surface area is 132 Å². The Morgan fingerprint density at radius 3 is 2.04 bits per heavy atom. The third kappa shape index (κ3) is 3.33. The van der Waals surface area contributed by atoms with E-state index in [4.69, 9.17) is 0 Å². The molecule has 0 spiro atoms. The van der Waals surface area contributed by atoms with Crippen LogP contribution in [0, 0.1) is 0 Å². The molecule has 0 saturated carbocycles. The summed E-state index contributed by atoms with van der Waals surface area (Å²) in [4.78, 5) is 15.0. The second-order valence-corrected chi connectivity index (χ2v) is 5.57. The second kappa shape index (κ2) is 5.98. The Morgan fingerprint density at radius 1 is 0.957 bits per heavy atom. The number of nitrogens with one attached hydrogen (secondary N) is 1. The fourth-order valence-electron chi connectivity index (χ4n) is 2.42. The Kier molecular flexibility index (Phi) is 4.40. The van der Waals surface area contributed by atoms with E-state index in [1.54, 1.807) is 18.2 Å². The largest absolute Gasteiger partial charge is 0.471 e. The van der Waals surface area contributed by atoms with Crippen LogP contribution in [0.15, 0.2) is 30.3 Å². The Balaban J connectivity index is 2.68. The SMILES string of the molecule is CN(C)c1cccc2c(NC(=O)C(F)(F)F)ccc(N(C)C)c12. The van der Waals surface area contributed by atoms with E-state index in [9.17, 15) is 18.0 Å². The van der Waals surface area contributed by atoms with Crippen molar-refractivity contribution >= 4 is 33.7 Å². The number of halogens is 3. The highest BCUT2D eigenvalue weighted by atomic mass is 19.4. The summed E-state index contributed by atoms with van der Waals surface area (Å²) in [5, 5.41) is 3.29. The highest BCUT2D eigenvalue weighted by molar-refractivity contribution is 6.12. The standard InChI is InChI=1S/C16H18F3N3O/c1-21(2)12-7-5-6-10-11(20-15(23)16(17,18)19)8-9-13(14(10)12)22(3)4/h5-9H,1-4H3,(H,20,23). The third-order valence-electron chi connectivity index (χ3n) is 3.47. The maximum Gasteiger partial charge on any atom is 0.471 e. The zero-order valence-electron chi connectivity index (χ0n) is 13.3. The number of alkyl halides is 3. The molecule has 0 bridgehead atoms. The summed E-state index contributed by atoms with van der Waals surface area (Å²) in [7, 11) is 7.43. The van der Waals surface area contributed by atoms with Crippen molar-refractivity contribution in [3.05, 3.63) is 30.3 Å². The predicted octanol–water partition coefficient (Wildman–Crippen LogP) is 3.47. The van der Waals surface area contributed by atoms with Crippen molar-refractivity contribution in [2.45, 2.75) is 6.18 Å². The van der Waals surface area contributed by atoms with Gasteiger partial charge in [0.1, 0.15) is 0 Å². The molecule has 2 rings (SSSR count). The Bertz CT molecular complexity index is 725. The van der Waals surface area contributed by atoms with Crippen molar-refractivity contribution < 1.29 is 18.0 Å². The van der Waals surface area contributed by atoms with E-state index in [-0.39, 0.29) is 5.69 Å². The maximum absolute atomic E-state index is 12.5. The number of benzene rings is 2. The maximum atomic E-state index is 12.5. The Hall–Kier alpha value is -2.44. The monoisotopic (exact) mass is 325 g/mol. The average molecular weight is 325 g/mol. The highest BCUT2D eigenvalue weighted by Crippen LogP contribution is 2.38. The van der Waals surface area contributed by atoms with E-state index >= 15 is 0 Å². The molecule has 1 N–H and O–H groups in total. The lowest BCUT2D eigenvalue weighted by Crippen LogP contribution is -2.30. The molecule has 0 unspecified atom stereocenters. The number of rotatable bonds is 3. The smallest absolute Gasteiger partial charge is 0.377 e. The van der Waals surface area contributed by atoms with Crippen molar-refractivity contribution in [3.63, 3.8) is 0 Å². The molecule has 2 aromatic carbocycles. The first-order chi connectivity index (χ1) is 10.6. The van der Waals surface area contributed by atoms with Crippen LogP contribution in [-0.2, 0) is 4.79 Å². The van der Waals surface area contributed by atoms with Gasteiger partial charge in [-0.2, -0.15) is 13.2 Å². The molecular formula is C16H18F3N3O. The molecule has 4 nitrogen and oxygen atoms in total. The average Bonchev–Trinajstić information content (AvgIpc) is 2.45. The van der Waals surface area contributed by atoms with Crippen LogP contribution in [-0.4, -0.2) is 40.3 Å². The molecule has 0 radical (unpaired) electrons. The zero-order chi connectivity index (χ0) is 17.4. The molecular weight excluding hydrogens is 307 g/mol. The molecule has 0 aliphatic heterocycles. The van der Waals surface area contributed by atoms with Crippen LogP contribution < -0.4 is 15.1 Å². The predicted molar refractivity (Wildman–Crippen MR) is 87.3 cm³/mol. The van der Waals surface area contributed by atoms with Gasteiger partial charge in [-0.3, -0.25) is 4.79 Å². The summed E-state index contributed by atoms with van der Waals surface area (Å²) in [6, 6.07) is 8.51. The summed E-state index contributed by atoms with van der Waals surface area (Å²) in [6.07, 6.45) is -4.92. The van der Waals surface area contributed by atoms with Gasteiger partial charge in [-0.1, -0.05) is 12.1 Å². The van der Waals surface area contributed by atoms with E-state index in [0.29, 0.717) is 5.39 Å². The number of anilines is 3. The number of nitrogens with zero attached hydrogens (tertiary/aromatic N) is 2. The molecule has 0 saturated heterocycles. The lowest BCUT2D eigenvalue weighted by atomic mass is 10.0. The van der Waals surface area contributed by atoms with Crippen molar-refractivity contribution in [1.82, 2.24) is 0 Å². The van der Waals surface area contributed by atoms with Gasteiger partial charge >= 0.3 is 12.1 Å². The van der Waals surface area contributed by atoms with Gasteiger partial charge in [0.25, 0.3) is 0 Å². The van der Waals surface area contributed by atoms with Gasteiger partial charge in [0.05, 0.1) is 0 Å². The molecule has 0 heterocycles. The number of fused-ring (bicyclic) bond motifs is 1. The third-order valence-corrected chi connectivity index (χ3v) is 3.47. The first kappa shape index (κ1) is 16.9. The number of carbonyl (C=O) groups excluding carboxylic acids is 1. The van der Waals surface area contributed by atoms with E-state index < -0.39 is 12.1 Å². The van der Waals surface area contributed by atoms with E-state index in [0.717, 1.165) is 16.8 Å². The van der Waals surface area contributed by atoms with Gasteiger partial charge in [0.2, 0.25) is 0 Å². The van der Waals surface area contributed by atoms with Gasteiger partial charge in [-0.25, -0.2) is 0 Å². The molecule has 23 heavy (non-hydrogen) atoms. The zero-order valence-corrected chi connectivity index (χ0v) is 13.3. The van der Waals surface area contributed by atoms with Crippen LogP contribution in [0.1, 0.15) is 0 Å². The van der Waals surface area contributed by atoms with Crippen molar-refractivity contribution in [2.24, 2.45) is 0 Å². The molecule has 0 fully saturated rings. The van der Waals surface area contributed by atoms with Gasteiger partial charge in [-0.15, -0.1) is 0 Å².